The Bertz CT molecular complexity index is 896. The van der Waals surface area contributed by atoms with Gasteiger partial charge in [-0.15, -0.1) is 11.3 Å². The number of hydrogen-bond donors (Lipinski definition) is 1. The first-order valence-electron chi connectivity index (χ1n) is 5.65. The Kier molecular flexibility index (Phi) is 2.13. The fourth-order valence-electron chi connectivity index (χ4n) is 2.06. The van der Waals surface area contributed by atoms with Gasteiger partial charge in [-0.05, 0) is 12.1 Å². The average molecular weight is 270 g/mol. The first-order valence-corrected chi connectivity index (χ1v) is 6.47. The smallest absolute Gasteiger partial charge is 0.213 e. The summed E-state index contributed by atoms with van der Waals surface area (Å²) in [5, 5.41) is 1.81. The maximum atomic E-state index is 13.1. The zero-order chi connectivity index (χ0) is 12.8. The van der Waals surface area contributed by atoms with Crippen LogP contribution >= 0.6 is 11.3 Å². The van der Waals surface area contributed by atoms with E-state index in [0.717, 1.165) is 31.8 Å². The van der Waals surface area contributed by atoms with E-state index in [0.29, 0.717) is 0 Å². The van der Waals surface area contributed by atoms with Crippen LogP contribution in [0.15, 0.2) is 36.8 Å². The predicted octanol–water partition coefficient (Wildman–Crippen LogP) is 3.37. The SMILES string of the molecule is Fc1cc(-c2nc3[nH]c4ccncc4c3s2)ccn1. The van der Waals surface area contributed by atoms with Gasteiger partial charge in [0.25, 0.3) is 0 Å². The molecule has 0 bridgehead atoms. The van der Waals surface area contributed by atoms with E-state index in [1.54, 1.807) is 12.3 Å². The van der Waals surface area contributed by atoms with Gasteiger partial charge in [0.15, 0.2) is 0 Å². The molecule has 4 nitrogen and oxygen atoms in total. The van der Waals surface area contributed by atoms with Gasteiger partial charge in [0.2, 0.25) is 5.95 Å². The quantitative estimate of drug-likeness (QED) is 0.539. The molecule has 4 aromatic rings. The summed E-state index contributed by atoms with van der Waals surface area (Å²) in [5.41, 5.74) is 2.55. The molecule has 0 aliphatic carbocycles. The summed E-state index contributed by atoms with van der Waals surface area (Å²) in [4.78, 5) is 15.4. The molecule has 4 rings (SSSR count). The Morgan fingerprint density at radius 1 is 1.21 bits per heavy atom. The molecule has 0 fully saturated rings. The van der Waals surface area contributed by atoms with Crippen molar-refractivity contribution in [2.24, 2.45) is 0 Å². The first-order chi connectivity index (χ1) is 9.31. The number of rotatable bonds is 1. The van der Waals surface area contributed by atoms with Crippen LogP contribution in [0, 0.1) is 5.95 Å². The summed E-state index contributed by atoms with van der Waals surface area (Å²) in [5.74, 6) is -0.497. The van der Waals surface area contributed by atoms with Crippen LogP contribution in [0.25, 0.3) is 31.8 Å². The second-order valence-electron chi connectivity index (χ2n) is 4.11. The Labute approximate surface area is 111 Å². The van der Waals surface area contributed by atoms with Crippen LogP contribution in [-0.4, -0.2) is 19.9 Å². The third-order valence-electron chi connectivity index (χ3n) is 2.92. The molecule has 0 saturated carbocycles. The fraction of sp³-hybridized carbons (Fsp3) is 0. The minimum Gasteiger partial charge on any atom is -0.338 e. The third kappa shape index (κ3) is 1.61. The normalized spacial score (nSPS) is 11.4. The molecule has 0 aliphatic rings. The molecule has 1 N–H and O–H groups in total. The molecule has 0 aliphatic heterocycles. The first kappa shape index (κ1) is 10.6. The number of fused-ring (bicyclic) bond motifs is 3. The Hall–Kier alpha value is -2.34. The van der Waals surface area contributed by atoms with Crippen molar-refractivity contribution in [1.82, 2.24) is 19.9 Å². The lowest BCUT2D eigenvalue weighted by atomic mass is 10.3. The number of pyridine rings is 2. The molecular formula is C13H7FN4S. The Morgan fingerprint density at radius 2 is 2.16 bits per heavy atom. The summed E-state index contributed by atoms with van der Waals surface area (Å²) in [6, 6.07) is 5.05. The fourth-order valence-corrected chi connectivity index (χ4v) is 3.10. The lowest BCUT2D eigenvalue weighted by molar-refractivity contribution is 0.584. The van der Waals surface area contributed by atoms with Crippen molar-refractivity contribution in [3.63, 3.8) is 0 Å². The molecule has 19 heavy (non-hydrogen) atoms. The van der Waals surface area contributed by atoms with Crippen LogP contribution in [0.4, 0.5) is 4.39 Å². The molecule has 0 saturated heterocycles. The van der Waals surface area contributed by atoms with Crippen molar-refractivity contribution in [3.05, 3.63) is 42.7 Å². The van der Waals surface area contributed by atoms with E-state index in [9.17, 15) is 4.39 Å². The molecule has 0 unspecified atom stereocenters. The second kappa shape index (κ2) is 3.83. The largest absolute Gasteiger partial charge is 0.338 e. The molecule has 4 heterocycles. The van der Waals surface area contributed by atoms with E-state index in [4.69, 9.17) is 0 Å². The minimum absolute atomic E-state index is 0.497. The number of thiazole rings is 1. The summed E-state index contributed by atoms with van der Waals surface area (Å²) >= 11 is 1.52. The molecule has 0 aromatic carbocycles. The minimum atomic E-state index is -0.497. The van der Waals surface area contributed by atoms with Crippen molar-refractivity contribution in [2.75, 3.05) is 0 Å². The van der Waals surface area contributed by atoms with Gasteiger partial charge in [0, 0.05) is 35.6 Å². The monoisotopic (exact) mass is 270 g/mol. The zero-order valence-electron chi connectivity index (χ0n) is 9.59. The average Bonchev–Trinajstić information content (AvgIpc) is 2.96. The maximum absolute atomic E-state index is 13.1. The van der Waals surface area contributed by atoms with Crippen molar-refractivity contribution in [3.8, 4) is 10.6 Å². The molecule has 4 aromatic heterocycles. The van der Waals surface area contributed by atoms with E-state index < -0.39 is 5.95 Å². The highest BCUT2D eigenvalue weighted by Crippen LogP contribution is 2.34. The highest BCUT2D eigenvalue weighted by atomic mass is 32.1. The van der Waals surface area contributed by atoms with Gasteiger partial charge in [-0.25, -0.2) is 9.97 Å². The molecular weight excluding hydrogens is 263 g/mol. The van der Waals surface area contributed by atoms with E-state index in [-0.39, 0.29) is 0 Å². The van der Waals surface area contributed by atoms with Gasteiger partial charge in [-0.3, -0.25) is 4.98 Å². The van der Waals surface area contributed by atoms with Crippen LogP contribution in [0.3, 0.4) is 0 Å². The standard InChI is InChI=1S/C13H7FN4S/c14-10-5-7(1-4-16-10)13-18-12-11(19-13)8-6-15-3-2-9(8)17-12/h1-6,17H. The van der Waals surface area contributed by atoms with Gasteiger partial charge in [0.05, 0.1) is 10.2 Å². The summed E-state index contributed by atoms with van der Waals surface area (Å²) < 4.78 is 14.2. The third-order valence-corrected chi connectivity index (χ3v) is 4.06. The van der Waals surface area contributed by atoms with Gasteiger partial charge >= 0.3 is 0 Å². The van der Waals surface area contributed by atoms with Crippen LogP contribution in [0.5, 0.6) is 0 Å². The van der Waals surface area contributed by atoms with Crippen LogP contribution in [-0.2, 0) is 0 Å². The zero-order valence-corrected chi connectivity index (χ0v) is 10.4. The summed E-state index contributed by atoms with van der Waals surface area (Å²) in [6.45, 7) is 0. The Balaban J connectivity index is 1.97. The van der Waals surface area contributed by atoms with Gasteiger partial charge in [-0.2, -0.15) is 4.39 Å². The molecule has 0 spiro atoms. The van der Waals surface area contributed by atoms with E-state index >= 15 is 0 Å². The predicted molar refractivity (Wildman–Crippen MR) is 72.5 cm³/mol. The van der Waals surface area contributed by atoms with Crippen molar-refractivity contribution < 1.29 is 4.39 Å². The second-order valence-corrected chi connectivity index (χ2v) is 5.11. The van der Waals surface area contributed by atoms with Crippen LogP contribution in [0.2, 0.25) is 0 Å². The number of halogens is 1. The molecule has 0 radical (unpaired) electrons. The lowest BCUT2D eigenvalue weighted by Gasteiger charge is -1.94. The van der Waals surface area contributed by atoms with Crippen molar-refractivity contribution in [1.29, 1.82) is 0 Å². The van der Waals surface area contributed by atoms with Crippen LogP contribution in [0.1, 0.15) is 0 Å². The maximum Gasteiger partial charge on any atom is 0.213 e. The van der Waals surface area contributed by atoms with Crippen LogP contribution < -0.4 is 0 Å². The number of aromatic amines is 1. The van der Waals surface area contributed by atoms with E-state index in [1.165, 1.54) is 23.6 Å². The number of H-pyrrole nitrogens is 1. The lowest BCUT2D eigenvalue weighted by Crippen LogP contribution is -1.82. The van der Waals surface area contributed by atoms with E-state index in [2.05, 4.69) is 19.9 Å². The van der Waals surface area contributed by atoms with Crippen molar-refractivity contribution in [2.45, 2.75) is 0 Å². The van der Waals surface area contributed by atoms with E-state index in [1.807, 2.05) is 12.3 Å². The number of nitrogens with zero attached hydrogens (tertiary/aromatic N) is 3. The summed E-state index contributed by atoms with van der Waals surface area (Å²) in [7, 11) is 0. The topological polar surface area (TPSA) is 54.5 Å². The summed E-state index contributed by atoms with van der Waals surface area (Å²) in [6.07, 6.45) is 4.99. The number of aromatic nitrogens is 4. The highest BCUT2D eigenvalue weighted by molar-refractivity contribution is 7.22. The molecule has 92 valence electrons. The van der Waals surface area contributed by atoms with Crippen molar-refractivity contribution >= 4 is 32.6 Å². The van der Waals surface area contributed by atoms with Gasteiger partial charge < -0.3 is 4.98 Å². The molecule has 0 amide bonds. The van der Waals surface area contributed by atoms with Gasteiger partial charge in [0.1, 0.15) is 10.7 Å². The highest BCUT2D eigenvalue weighted by Gasteiger charge is 2.12. The molecule has 6 heteroatoms. The number of hydrogen-bond acceptors (Lipinski definition) is 4. The molecule has 0 atom stereocenters. The number of nitrogens with one attached hydrogen (secondary N) is 1. The van der Waals surface area contributed by atoms with Gasteiger partial charge in [-0.1, -0.05) is 0 Å². The Morgan fingerprint density at radius 3 is 3.05 bits per heavy atom.